The molecular formula is C24H33IN6O2. The van der Waals surface area contributed by atoms with Gasteiger partial charge in [-0.3, -0.25) is 9.48 Å². The van der Waals surface area contributed by atoms with Crippen molar-refractivity contribution in [1.29, 1.82) is 0 Å². The number of amides is 1. The number of furan rings is 1. The molecule has 3 aromatic rings. The summed E-state index contributed by atoms with van der Waals surface area (Å²) in [5.74, 6) is 1.34. The van der Waals surface area contributed by atoms with E-state index < -0.39 is 0 Å². The van der Waals surface area contributed by atoms with E-state index in [1.807, 2.05) is 42.8 Å². The Balaban J connectivity index is 0.00000385. The van der Waals surface area contributed by atoms with Crippen molar-refractivity contribution < 1.29 is 9.21 Å². The number of carbonyl (C=O) groups excluding carboxylic acids is 1. The summed E-state index contributed by atoms with van der Waals surface area (Å²) in [6.45, 7) is 9.39. The van der Waals surface area contributed by atoms with Gasteiger partial charge in [0.25, 0.3) is 5.91 Å². The van der Waals surface area contributed by atoms with Crippen molar-refractivity contribution in [3.8, 4) is 0 Å². The highest BCUT2D eigenvalue weighted by atomic mass is 127. The van der Waals surface area contributed by atoms with Crippen LogP contribution in [0.5, 0.6) is 0 Å². The van der Waals surface area contributed by atoms with Crippen molar-refractivity contribution in [2.24, 2.45) is 4.99 Å². The Morgan fingerprint density at radius 2 is 1.97 bits per heavy atom. The molecule has 9 heteroatoms. The number of rotatable bonds is 10. The topological polar surface area (TPSA) is 96.5 Å². The zero-order valence-electron chi connectivity index (χ0n) is 19.4. The Labute approximate surface area is 212 Å². The molecule has 0 fully saturated rings. The number of hydrogen-bond acceptors (Lipinski definition) is 4. The first-order chi connectivity index (χ1) is 15.5. The van der Waals surface area contributed by atoms with Crippen LogP contribution in [0.25, 0.3) is 0 Å². The molecule has 1 amide bonds. The van der Waals surface area contributed by atoms with E-state index in [4.69, 9.17) is 4.42 Å². The lowest BCUT2D eigenvalue weighted by molar-refractivity contribution is 0.0948. The van der Waals surface area contributed by atoms with E-state index in [2.05, 4.69) is 39.0 Å². The highest BCUT2D eigenvalue weighted by molar-refractivity contribution is 14.0. The zero-order valence-corrected chi connectivity index (χ0v) is 21.8. The summed E-state index contributed by atoms with van der Waals surface area (Å²) in [6.07, 6.45) is 2.53. The van der Waals surface area contributed by atoms with Crippen LogP contribution in [0.1, 0.15) is 46.4 Å². The van der Waals surface area contributed by atoms with Crippen molar-refractivity contribution in [2.45, 2.75) is 46.8 Å². The van der Waals surface area contributed by atoms with Crippen LogP contribution >= 0.6 is 24.0 Å². The number of halogens is 1. The van der Waals surface area contributed by atoms with Crippen LogP contribution in [0.2, 0.25) is 0 Å². The lowest BCUT2D eigenvalue weighted by atomic mass is 10.1. The first-order valence-corrected chi connectivity index (χ1v) is 11.0. The molecule has 0 bridgehead atoms. The van der Waals surface area contributed by atoms with E-state index in [0.29, 0.717) is 18.7 Å². The fourth-order valence-electron chi connectivity index (χ4n) is 3.34. The lowest BCUT2D eigenvalue weighted by Crippen LogP contribution is -2.38. The van der Waals surface area contributed by atoms with Crippen molar-refractivity contribution in [1.82, 2.24) is 25.7 Å². The van der Waals surface area contributed by atoms with E-state index in [1.165, 1.54) is 5.69 Å². The Bertz CT molecular complexity index is 1030. The van der Waals surface area contributed by atoms with Gasteiger partial charge in [-0.05, 0) is 63.1 Å². The predicted octanol–water partition coefficient (Wildman–Crippen LogP) is 3.79. The van der Waals surface area contributed by atoms with Gasteiger partial charge in [0.05, 0.1) is 25.0 Å². The summed E-state index contributed by atoms with van der Waals surface area (Å²) in [5.41, 5.74) is 3.79. The number of benzene rings is 1. The standard InChI is InChI=1S/C24H32N6O2.HI/c1-4-25-24(26-11-7-12-30-19(3)14-18(2)29-30)28-16-20-8-5-9-21(15-20)23(31)27-17-22-10-6-13-32-22;/h5-6,8-10,13-15H,4,7,11-12,16-17H2,1-3H3,(H,27,31)(H2,25,26,28);1H. The molecule has 0 radical (unpaired) electrons. The lowest BCUT2D eigenvalue weighted by Gasteiger charge is -2.12. The fraction of sp³-hybridized carbons (Fsp3) is 0.375. The zero-order chi connectivity index (χ0) is 22.8. The van der Waals surface area contributed by atoms with Gasteiger partial charge in [-0.25, -0.2) is 4.99 Å². The Hall–Kier alpha value is -2.82. The summed E-state index contributed by atoms with van der Waals surface area (Å²) >= 11 is 0. The predicted molar refractivity (Wildman–Crippen MR) is 141 cm³/mol. The molecule has 0 saturated carbocycles. The Morgan fingerprint density at radius 1 is 1.12 bits per heavy atom. The molecule has 2 aromatic heterocycles. The van der Waals surface area contributed by atoms with E-state index in [-0.39, 0.29) is 29.9 Å². The van der Waals surface area contributed by atoms with Crippen LogP contribution in [0.4, 0.5) is 0 Å². The van der Waals surface area contributed by atoms with Crippen LogP contribution in [-0.2, 0) is 19.6 Å². The molecule has 33 heavy (non-hydrogen) atoms. The SMILES string of the molecule is CCNC(=NCc1cccc(C(=O)NCc2ccco2)c1)NCCCn1nc(C)cc1C.I. The smallest absolute Gasteiger partial charge is 0.251 e. The summed E-state index contributed by atoms with van der Waals surface area (Å²) < 4.78 is 7.28. The van der Waals surface area contributed by atoms with Gasteiger partial charge in [0.2, 0.25) is 0 Å². The van der Waals surface area contributed by atoms with E-state index in [0.717, 1.165) is 49.0 Å². The number of nitrogens with zero attached hydrogens (tertiary/aromatic N) is 3. The van der Waals surface area contributed by atoms with Gasteiger partial charge in [0.15, 0.2) is 5.96 Å². The number of aliphatic imine (C=N–C) groups is 1. The second kappa shape index (κ2) is 13.7. The van der Waals surface area contributed by atoms with Gasteiger partial charge < -0.3 is 20.4 Å². The van der Waals surface area contributed by atoms with Crippen LogP contribution < -0.4 is 16.0 Å². The first kappa shape index (κ1) is 26.4. The maximum Gasteiger partial charge on any atom is 0.251 e. The number of aryl methyl sites for hydroxylation is 3. The Morgan fingerprint density at radius 3 is 2.67 bits per heavy atom. The minimum Gasteiger partial charge on any atom is -0.467 e. The molecule has 3 N–H and O–H groups in total. The summed E-state index contributed by atoms with van der Waals surface area (Å²) in [6, 6.07) is 13.2. The van der Waals surface area contributed by atoms with E-state index in [9.17, 15) is 4.79 Å². The number of nitrogens with one attached hydrogen (secondary N) is 3. The minimum absolute atomic E-state index is 0. The second-order valence-corrected chi connectivity index (χ2v) is 7.59. The maximum absolute atomic E-state index is 12.4. The van der Waals surface area contributed by atoms with Crippen LogP contribution in [0, 0.1) is 13.8 Å². The first-order valence-electron chi connectivity index (χ1n) is 11.0. The van der Waals surface area contributed by atoms with Gasteiger partial charge in [-0.2, -0.15) is 5.10 Å². The molecular weight excluding hydrogens is 531 g/mol. The average molecular weight is 564 g/mol. The molecule has 1 aromatic carbocycles. The van der Waals surface area contributed by atoms with Crippen molar-refractivity contribution in [3.63, 3.8) is 0 Å². The summed E-state index contributed by atoms with van der Waals surface area (Å²) in [5, 5.41) is 14.0. The molecule has 0 aliphatic rings. The van der Waals surface area contributed by atoms with Crippen molar-refractivity contribution in [2.75, 3.05) is 13.1 Å². The molecule has 3 rings (SSSR count). The molecule has 0 aliphatic carbocycles. The average Bonchev–Trinajstić information content (AvgIpc) is 3.42. The van der Waals surface area contributed by atoms with Crippen LogP contribution in [-0.4, -0.2) is 34.7 Å². The fourth-order valence-corrected chi connectivity index (χ4v) is 3.34. The number of hydrogen-bond donors (Lipinski definition) is 3. The van der Waals surface area contributed by atoms with E-state index in [1.54, 1.807) is 18.4 Å². The number of guanidine groups is 1. The Kier molecular flexibility index (Phi) is 10.9. The summed E-state index contributed by atoms with van der Waals surface area (Å²) in [4.78, 5) is 17.1. The molecule has 178 valence electrons. The van der Waals surface area contributed by atoms with Gasteiger partial charge >= 0.3 is 0 Å². The third-order valence-electron chi connectivity index (χ3n) is 4.90. The van der Waals surface area contributed by atoms with Crippen LogP contribution in [0.3, 0.4) is 0 Å². The maximum atomic E-state index is 12.4. The number of aromatic nitrogens is 2. The van der Waals surface area contributed by atoms with Gasteiger partial charge in [0, 0.05) is 30.9 Å². The molecule has 0 saturated heterocycles. The monoisotopic (exact) mass is 564 g/mol. The van der Waals surface area contributed by atoms with Crippen molar-refractivity contribution in [3.05, 3.63) is 77.0 Å². The second-order valence-electron chi connectivity index (χ2n) is 7.59. The third-order valence-corrected chi connectivity index (χ3v) is 4.90. The molecule has 0 atom stereocenters. The molecule has 0 spiro atoms. The van der Waals surface area contributed by atoms with Crippen LogP contribution in [0.15, 0.2) is 58.1 Å². The van der Waals surface area contributed by atoms with Gasteiger partial charge in [-0.15, -0.1) is 24.0 Å². The highest BCUT2D eigenvalue weighted by Crippen LogP contribution is 2.08. The number of carbonyl (C=O) groups is 1. The summed E-state index contributed by atoms with van der Waals surface area (Å²) in [7, 11) is 0. The quantitative estimate of drug-likeness (QED) is 0.151. The van der Waals surface area contributed by atoms with Gasteiger partial charge in [0.1, 0.15) is 5.76 Å². The minimum atomic E-state index is -0.138. The van der Waals surface area contributed by atoms with Crippen molar-refractivity contribution >= 4 is 35.8 Å². The molecule has 8 nitrogen and oxygen atoms in total. The third kappa shape index (κ3) is 8.56. The molecule has 0 unspecified atom stereocenters. The van der Waals surface area contributed by atoms with Gasteiger partial charge in [-0.1, -0.05) is 12.1 Å². The van der Waals surface area contributed by atoms with E-state index >= 15 is 0 Å². The molecule has 2 heterocycles. The highest BCUT2D eigenvalue weighted by Gasteiger charge is 2.07. The molecule has 0 aliphatic heterocycles. The largest absolute Gasteiger partial charge is 0.467 e. The normalized spacial score (nSPS) is 11.1.